The predicted octanol–water partition coefficient (Wildman–Crippen LogP) is 1.18. The summed E-state index contributed by atoms with van der Waals surface area (Å²) in [6.45, 7) is 3.16. The van der Waals surface area contributed by atoms with E-state index in [0.29, 0.717) is 18.4 Å². The first-order valence-electron chi connectivity index (χ1n) is 6.75. The first-order chi connectivity index (χ1) is 8.70. The molecule has 2 rings (SSSR count). The van der Waals surface area contributed by atoms with E-state index in [2.05, 4.69) is 14.9 Å². The average Bonchev–Trinajstić information content (AvgIpc) is 2.36. The molecule has 1 aromatic rings. The fraction of sp³-hybridized carbons (Fsp3) is 0.692. The molecule has 1 aliphatic rings. The Hall–Kier alpha value is -1.36. The maximum absolute atomic E-state index is 11.5. The van der Waals surface area contributed by atoms with Crippen LogP contribution in [0.4, 0.5) is 5.82 Å². The Morgan fingerprint density at radius 3 is 2.78 bits per heavy atom. The summed E-state index contributed by atoms with van der Waals surface area (Å²) in [6, 6.07) is 2.06. The molecule has 0 unspecified atom stereocenters. The molecule has 1 saturated carbocycles. The first kappa shape index (κ1) is 13.1. The second kappa shape index (κ2) is 6.00. The Morgan fingerprint density at radius 2 is 2.17 bits per heavy atom. The highest BCUT2D eigenvalue weighted by atomic mass is 16.1. The van der Waals surface area contributed by atoms with Crippen LogP contribution in [0.5, 0.6) is 0 Å². The van der Waals surface area contributed by atoms with Crippen LogP contribution in [0.15, 0.2) is 10.9 Å². The molecule has 0 atom stereocenters. The van der Waals surface area contributed by atoms with Crippen LogP contribution >= 0.6 is 0 Å². The summed E-state index contributed by atoms with van der Waals surface area (Å²) >= 11 is 0. The van der Waals surface area contributed by atoms with Crippen molar-refractivity contribution >= 4 is 5.82 Å². The van der Waals surface area contributed by atoms with E-state index in [1.54, 1.807) is 6.07 Å². The lowest BCUT2D eigenvalue weighted by Gasteiger charge is -2.35. The predicted molar refractivity (Wildman–Crippen MR) is 72.9 cm³/mol. The van der Waals surface area contributed by atoms with Crippen LogP contribution in [0.25, 0.3) is 0 Å². The minimum Gasteiger partial charge on any atom is -0.352 e. The number of aryl methyl sites for hydroxylation is 1. The minimum atomic E-state index is -0.0877. The third kappa shape index (κ3) is 3.10. The van der Waals surface area contributed by atoms with Gasteiger partial charge >= 0.3 is 0 Å². The number of rotatable bonds is 4. The molecule has 3 N–H and O–H groups in total. The monoisotopic (exact) mass is 250 g/mol. The second-order valence-electron chi connectivity index (χ2n) is 4.96. The van der Waals surface area contributed by atoms with Gasteiger partial charge in [0.15, 0.2) is 0 Å². The number of aromatic nitrogens is 2. The number of H-pyrrole nitrogens is 1. The normalized spacial score (nSPS) is 16.8. The summed E-state index contributed by atoms with van der Waals surface area (Å²) in [5.74, 6) is 1.43. The molecule has 0 aliphatic heterocycles. The maximum atomic E-state index is 11.5. The first-order valence-corrected chi connectivity index (χ1v) is 6.75. The number of nitrogens with zero attached hydrogens (tertiary/aromatic N) is 2. The van der Waals surface area contributed by atoms with E-state index in [1.807, 2.05) is 6.92 Å². The smallest absolute Gasteiger partial charge is 0.252 e. The summed E-state index contributed by atoms with van der Waals surface area (Å²) < 4.78 is 0. The highest BCUT2D eigenvalue weighted by Gasteiger charge is 2.22. The summed E-state index contributed by atoms with van der Waals surface area (Å²) in [5.41, 5.74) is 5.61. The van der Waals surface area contributed by atoms with Gasteiger partial charge in [-0.1, -0.05) is 19.3 Å². The van der Waals surface area contributed by atoms with Crippen molar-refractivity contribution < 1.29 is 0 Å². The van der Waals surface area contributed by atoms with Gasteiger partial charge in [-0.25, -0.2) is 4.98 Å². The molecule has 5 nitrogen and oxygen atoms in total. The molecule has 100 valence electrons. The molecule has 1 heterocycles. The Kier molecular flexibility index (Phi) is 4.36. The summed E-state index contributed by atoms with van der Waals surface area (Å²) in [6.07, 6.45) is 6.18. The molecule has 0 bridgehead atoms. The fourth-order valence-corrected chi connectivity index (χ4v) is 2.73. The van der Waals surface area contributed by atoms with Gasteiger partial charge in [0.05, 0.1) is 0 Å². The Balaban J connectivity index is 2.24. The molecule has 0 amide bonds. The molecular formula is C13H22N4O. The number of nitrogens with two attached hydrogens (primary N) is 1. The molecule has 1 aliphatic carbocycles. The molecule has 1 fully saturated rings. The Bertz CT molecular complexity index is 437. The van der Waals surface area contributed by atoms with Crippen LogP contribution in [-0.4, -0.2) is 29.1 Å². The summed E-state index contributed by atoms with van der Waals surface area (Å²) in [7, 11) is 0. The quantitative estimate of drug-likeness (QED) is 0.841. The number of nitrogens with one attached hydrogen (secondary N) is 1. The minimum absolute atomic E-state index is 0.0877. The van der Waals surface area contributed by atoms with Gasteiger partial charge in [0.2, 0.25) is 0 Å². The SMILES string of the molecule is Cc1nc(N(CCN)C2CCCCC2)cc(=O)[nH]1. The lowest BCUT2D eigenvalue weighted by Crippen LogP contribution is -2.41. The van der Waals surface area contributed by atoms with Gasteiger partial charge in [0, 0.05) is 25.2 Å². The molecule has 5 heteroatoms. The lowest BCUT2D eigenvalue weighted by molar-refractivity contribution is 0.414. The van der Waals surface area contributed by atoms with Crippen LogP contribution < -0.4 is 16.2 Å². The average molecular weight is 250 g/mol. The van der Waals surface area contributed by atoms with Crippen LogP contribution in [0.1, 0.15) is 37.9 Å². The van der Waals surface area contributed by atoms with Gasteiger partial charge in [0.25, 0.3) is 5.56 Å². The lowest BCUT2D eigenvalue weighted by atomic mass is 9.94. The maximum Gasteiger partial charge on any atom is 0.252 e. The van der Waals surface area contributed by atoms with E-state index >= 15 is 0 Å². The molecule has 0 radical (unpaired) electrons. The van der Waals surface area contributed by atoms with E-state index in [0.717, 1.165) is 12.4 Å². The number of hydrogen-bond donors (Lipinski definition) is 2. The number of aromatic amines is 1. The van der Waals surface area contributed by atoms with Crippen molar-refractivity contribution in [2.75, 3.05) is 18.0 Å². The Labute approximate surface area is 107 Å². The van der Waals surface area contributed by atoms with Crippen molar-refractivity contribution in [1.29, 1.82) is 0 Å². The topological polar surface area (TPSA) is 75.0 Å². The van der Waals surface area contributed by atoms with Crippen LogP contribution in [0.3, 0.4) is 0 Å². The van der Waals surface area contributed by atoms with E-state index in [-0.39, 0.29) is 5.56 Å². The van der Waals surface area contributed by atoms with E-state index < -0.39 is 0 Å². The fourth-order valence-electron chi connectivity index (χ4n) is 2.73. The van der Waals surface area contributed by atoms with Crippen LogP contribution in [-0.2, 0) is 0 Å². The molecule has 0 saturated heterocycles. The number of hydrogen-bond acceptors (Lipinski definition) is 4. The van der Waals surface area contributed by atoms with Crippen molar-refractivity contribution in [3.8, 4) is 0 Å². The van der Waals surface area contributed by atoms with Gasteiger partial charge in [-0.05, 0) is 19.8 Å². The van der Waals surface area contributed by atoms with Gasteiger partial charge < -0.3 is 15.6 Å². The van der Waals surface area contributed by atoms with E-state index in [9.17, 15) is 4.79 Å². The Morgan fingerprint density at radius 1 is 1.44 bits per heavy atom. The van der Waals surface area contributed by atoms with Crippen molar-refractivity contribution in [3.05, 3.63) is 22.2 Å². The highest BCUT2D eigenvalue weighted by Crippen LogP contribution is 2.25. The molecular weight excluding hydrogens is 228 g/mol. The molecule has 0 aromatic carbocycles. The zero-order chi connectivity index (χ0) is 13.0. The van der Waals surface area contributed by atoms with E-state index in [4.69, 9.17) is 5.73 Å². The zero-order valence-electron chi connectivity index (χ0n) is 11.0. The van der Waals surface area contributed by atoms with Gasteiger partial charge in [-0.15, -0.1) is 0 Å². The van der Waals surface area contributed by atoms with Crippen molar-refractivity contribution in [2.45, 2.75) is 45.1 Å². The third-order valence-corrected chi connectivity index (χ3v) is 3.53. The number of anilines is 1. The van der Waals surface area contributed by atoms with Crippen molar-refractivity contribution in [3.63, 3.8) is 0 Å². The molecule has 1 aromatic heterocycles. The van der Waals surface area contributed by atoms with E-state index in [1.165, 1.54) is 32.1 Å². The third-order valence-electron chi connectivity index (χ3n) is 3.53. The largest absolute Gasteiger partial charge is 0.352 e. The molecule has 0 spiro atoms. The van der Waals surface area contributed by atoms with Gasteiger partial charge in [-0.3, -0.25) is 4.79 Å². The van der Waals surface area contributed by atoms with Crippen LogP contribution in [0.2, 0.25) is 0 Å². The summed E-state index contributed by atoms with van der Waals surface area (Å²) in [4.78, 5) is 20.9. The van der Waals surface area contributed by atoms with Crippen molar-refractivity contribution in [1.82, 2.24) is 9.97 Å². The summed E-state index contributed by atoms with van der Waals surface area (Å²) in [5, 5.41) is 0. The highest BCUT2D eigenvalue weighted by molar-refractivity contribution is 5.39. The second-order valence-corrected chi connectivity index (χ2v) is 4.96. The standard InChI is InChI=1S/C13H22N4O/c1-10-15-12(9-13(18)16-10)17(8-7-14)11-5-3-2-4-6-11/h9,11H,2-8,14H2,1H3,(H,15,16,18). The zero-order valence-corrected chi connectivity index (χ0v) is 11.0. The van der Waals surface area contributed by atoms with Gasteiger partial charge in [0.1, 0.15) is 11.6 Å². The van der Waals surface area contributed by atoms with Crippen molar-refractivity contribution in [2.24, 2.45) is 5.73 Å². The van der Waals surface area contributed by atoms with Gasteiger partial charge in [-0.2, -0.15) is 0 Å². The van der Waals surface area contributed by atoms with Crippen LogP contribution in [0, 0.1) is 6.92 Å². The molecule has 18 heavy (non-hydrogen) atoms.